The summed E-state index contributed by atoms with van der Waals surface area (Å²) in [7, 11) is 1.67. The number of pyridine rings is 1. The number of nitrogens with one attached hydrogen (secondary N) is 1. The standard InChI is InChI=1S/C26H28N4O2/c1-4-19-5-10-24-23(14-19)18(2)13-25(29-24)20-6-8-21(9-7-20)26(31)28-16-22-15-27-17-30(22)11-12-32-3/h5-10,13-15,17H,4,11-12,16H2,1-3H3,(H,28,31). The molecule has 2 heterocycles. The van der Waals surface area contributed by atoms with Gasteiger partial charge in [-0.15, -0.1) is 0 Å². The van der Waals surface area contributed by atoms with Crippen LogP contribution in [0.2, 0.25) is 0 Å². The topological polar surface area (TPSA) is 69.0 Å². The second-order valence-electron chi connectivity index (χ2n) is 7.86. The van der Waals surface area contributed by atoms with Crippen molar-refractivity contribution < 1.29 is 9.53 Å². The van der Waals surface area contributed by atoms with Gasteiger partial charge in [-0.2, -0.15) is 0 Å². The Morgan fingerprint density at radius 3 is 2.69 bits per heavy atom. The minimum Gasteiger partial charge on any atom is -0.383 e. The van der Waals surface area contributed by atoms with E-state index in [0.717, 1.165) is 28.9 Å². The molecule has 0 saturated heterocycles. The average molecular weight is 429 g/mol. The lowest BCUT2D eigenvalue weighted by atomic mass is 10.0. The zero-order valence-electron chi connectivity index (χ0n) is 18.8. The van der Waals surface area contributed by atoms with Crippen LogP contribution >= 0.6 is 0 Å². The summed E-state index contributed by atoms with van der Waals surface area (Å²) in [6, 6.07) is 16.1. The quantitative estimate of drug-likeness (QED) is 0.447. The van der Waals surface area contributed by atoms with Crippen molar-refractivity contribution in [3.05, 3.63) is 83.4 Å². The van der Waals surface area contributed by atoms with E-state index in [1.54, 1.807) is 19.6 Å². The summed E-state index contributed by atoms with van der Waals surface area (Å²) in [5, 5.41) is 4.15. The van der Waals surface area contributed by atoms with E-state index in [4.69, 9.17) is 9.72 Å². The minimum atomic E-state index is -0.120. The first-order valence-corrected chi connectivity index (χ1v) is 10.9. The Kier molecular flexibility index (Phi) is 6.61. The molecule has 0 unspecified atom stereocenters. The Morgan fingerprint density at radius 1 is 1.12 bits per heavy atom. The molecule has 6 heteroatoms. The van der Waals surface area contributed by atoms with Crippen LogP contribution in [0, 0.1) is 6.92 Å². The molecule has 0 radical (unpaired) electrons. The third kappa shape index (κ3) is 4.70. The predicted molar refractivity (Wildman–Crippen MR) is 127 cm³/mol. The molecule has 1 N–H and O–H groups in total. The number of amides is 1. The van der Waals surface area contributed by atoms with Crippen LogP contribution in [0.1, 0.15) is 34.1 Å². The van der Waals surface area contributed by atoms with E-state index in [2.05, 4.69) is 48.4 Å². The van der Waals surface area contributed by atoms with E-state index < -0.39 is 0 Å². The molecule has 0 saturated carbocycles. The van der Waals surface area contributed by atoms with Gasteiger partial charge in [0, 0.05) is 36.4 Å². The van der Waals surface area contributed by atoms with Crippen LogP contribution in [0.5, 0.6) is 0 Å². The molecule has 0 aliphatic rings. The van der Waals surface area contributed by atoms with Gasteiger partial charge in [-0.05, 0) is 54.8 Å². The lowest BCUT2D eigenvalue weighted by Gasteiger charge is -2.10. The SMILES string of the molecule is CCc1ccc2nc(-c3ccc(C(=O)NCc4cncn4CCOC)cc3)cc(C)c2c1. The number of aryl methyl sites for hydroxylation is 2. The van der Waals surface area contributed by atoms with Crippen molar-refractivity contribution in [2.24, 2.45) is 0 Å². The van der Waals surface area contributed by atoms with Gasteiger partial charge in [-0.1, -0.05) is 25.1 Å². The molecular weight excluding hydrogens is 400 g/mol. The zero-order chi connectivity index (χ0) is 22.5. The highest BCUT2D eigenvalue weighted by atomic mass is 16.5. The Bertz CT molecular complexity index is 1230. The van der Waals surface area contributed by atoms with Crippen LogP contribution in [0.25, 0.3) is 22.2 Å². The Morgan fingerprint density at radius 2 is 1.94 bits per heavy atom. The van der Waals surface area contributed by atoms with Crippen LogP contribution in [-0.4, -0.2) is 34.2 Å². The number of methoxy groups -OCH3 is 1. The summed E-state index contributed by atoms with van der Waals surface area (Å²) in [6.45, 7) is 5.99. The van der Waals surface area contributed by atoms with Crippen molar-refractivity contribution in [3.8, 4) is 11.3 Å². The maximum absolute atomic E-state index is 12.6. The number of carbonyl (C=O) groups excluding carboxylic acids is 1. The molecule has 0 spiro atoms. The van der Waals surface area contributed by atoms with E-state index in [9.17, 15) is 4.79 Å². The second kappa shape index (κ2) is 9.75. The summed E-state index contributed by atoms with van der Waals surface area (Å²) >= 11 is 0. The van der Waals surface area contributed by atoms with E-state index in [-0.39, 0.29) is 5.91 Å². The summed E-state index contributed by atoms with van der Waals surface area (Å²) in [5.41, 5.74) is 6.96. The smallest absolute Gasteiger partial charge is 0.251 e. The summed E-state index contributed by atoms with van der Waals surface area (Å²) in [4.78, 5) is 21.6. The molecule has 4 aromatic rings. The third-order valence-electron chi connectivity index (χ3n) is 5.70. The van der Waals surface area contributed by atoms with Gasteiger partial charge in [0.05, 0.1) is 36.4 Å². The second-order valence-corrected chi connectivity index (χ2v) is 7.86. The molecule has 1 amide bonds. The number of fused-ring (bicyclic) bond motifs is 1. The number of hydrogen-bond acceptors (Lipinski definition) is 4. The van der Waals surface area contributed by atoms with Gasteiger partial charge in [0.2, 0.25) is 0 Å². The number of benzene rings is 2. The normalized spacial score (nSPS) is 11.1. The molecular formula is C26H28N4O2. The number of rotatable bonds is 8. The molecule has 6 nitrogen and oxygen atoms in total. The number of nitrogens with zero attached hydrogens (tertiary/aromatic N) is 3. The predicted octanol–water partition coefficient (Wildman–Crippen LogP) is 4.55. The van der Waals surface area contributed by atoms with E-state index in [1.165, 1.54) is 16.5 Å². The lowest BCUT2D eigenvalue weighted by Crippen LogP contribution is -2.24. The number of ether oxygens (including phenoxy) is 1. The highest BCUT2D eigenvalue weighted by Crippen LogP contribution is 2.25. The largest absolute Gasteiger partial charge is 0.383 e. The fraction of sp³-hybridized carbons (Fsp3) is 0.269. The first kappa shape index (κ1) is 21.7. The van der Waals surface area contributed by atoms with Crippen molar-refractivity contribution in [2.45, 2.75) is 33.4 Å². The van der Waals surface area contributed by atoms with Gasteiger partial charge in [-0.3, -0.25) is 4.79 Å². The van der Waals surface area contributed by atoms with E-state index in [0.29, 0.717) is 25.3 Å². The molecule has 4 rings (SSSR count). The van der Waals surface area contributed by atoms with Gasteiger partial charge in [0.25, 0.3) is 5.91 Å². The fourth-order valence-corrected chi connectivity index (χ4v) is 3.76. The summed E-state index contributed by atoms with van der Waals surface area (Å²) in [6.07, 6.45) is 4.52. The molecule has 0 atom stereocenters. The van der Waals surface area contributed by atoms with Crippen molar-refractivity contribution in [1.29, 1.82) is 0 Å². The minimum absolute atomic E-state index is 0.120. The van der Waals surface area contributed by atoms with Crippen molar-refractivity contribution >= 4 is 16.8 Å². The van der Waals surface area contributed by atoms with Crippen molar-refractivity contribution in [2.75, 3.05) is 13.7 Å². The van der Waals surface area contributed by atoms with Crippen LogP contribution < -0.4 is 5.32 Å². The molecule has 0 aliphatic heterocycles. The van der Waals surface area contributed by atoms with Crippen LogP contribution in [0.4, 0.5) is 0 Å². The van der Waals surface area contributed by atoms with Crippen LogP contribution in [-0.2, 0) is 24.2 Å². The van der Waals surface area contributed by atoms with Gasteiger partial charge >= 0.3 is 0 Å². The fourth-order valence-electron chi connectivity index (χ4n) is 3.76. The van der Waals surface area contributed by atoms with Crippen LogP contribution in [0.15, 0.2) is 61.1 Å². The molecule has 32 heavy (non-hydrogen) atoms. The van der Waals surface area contributed by atoms with Crippen LogP contribution in [0.3, 0.4) is 0 Å². The maximum atomic E-state index is 12.6. The van der Waals surface area contributed by atoms with Gasteiger partial charge in [-0.25, -0.2) is 9.97 Å². The lowest BCUT2D eigenvalue weighted by molar-refractivity contribution is 0.0950. The molecule has 0 fully saturated rings. The van der Waals surface area contributed by atoms with Gasteiger partial charge < -0.3 is 14.6 Å². The van der Waals surface area contributed by atoms with E-state index in [1.807, 2.05) is 28.8 Å². The number of hydrogen-bond donors (Lipinski definition) is 1. The molecule has 2 aromatic carbocycles. The first-order valence-electron chi connectivity index (χ1n) is 10.9. The monoisotopic (exact) mass is 428 g/mol. The highest BCUT2D eigenvalue weighted by molar-refractivity contribution is 5.94. The summed E-state index contributed by atoms with van der Waals surface area (Å²) < 4.78 is 7.09. The highest BCUT2D eigenvalue weighted by Gasteiger charge is 2.10. The summed E-state index contributed by atoms with van der Waals surface area (Å²) in [5.74, 6) is -0.120. The Hall–Kier alpha value is -3.51. The van der Waals surface area contributed by atoms with Gasteiger partial charge in [0.15, 0.2) is 0 Å². The molecule has 164 valence electrons. The van der Waals surface area contributed by atoms with Crippen molar-refractivity contribution in [3.63, 3.8) is 0 Å². The average Bonchev–Trinajstić information content (AvgIpc) is 3.28. The maximum Gasteiger partial charge on any atom is 0.251 e. The Balaban J connectivity index is 1.47. The number of aromatic nitrogens is 3. The van der Waals surface area contributed by atoms with Crippen molar-refractivity contribution in [1.82, 2.24) is 19.9 Å². The Labute approximate surface area is 188 Å². The molecule has 2 aromatic heterocycles. The number of carbonyl (C=O) groups is 1. The third-order valence-corrected chi connectivity index (χ3v) is 5.70. The number of imidazole rings is 1. The zero-order valence-corrected chi connectivity index (χ0v) is 18.8. The first-order chi connectivity index (χ1) is 15.6. The molecule has 0 bridgehead atoms. The van der Waals surface area contributed by atoms with E-state index >= 15 is 0 Å². The molecule has 0 aliphatic carbocycles. The van der Waals surface area contributed by atoms with Gasteiger partial charge in [0.1, 0.15) is 0 Å².